The number of hydrogen-bond donors (Lipinski definition) is 1. The summed E-state index contributed by atoms with van der Waals surface area (Å²) in [4.78, 5) is 10.9. The predicted octanol–water partition coefficient (Wildman–Crippen LogP) is 4.21. The van der Waals surface area contributed by atoms with Crippen LogP contribution in [0.2, 0.25) is 10.0 Å². The molecule has 0 saturated heterocycles. The second-order valence-electron chi connectivity index (χ2n) is 4.50. The Hall–Kier alpha value is -1.04. The van der Waals surface area contributed by atoms with E-state index in [0.29, 0.717) is 6.42 Å². The van der Waals surface area contributed by atoms with Crippen LogP contribution in [0.15, 0.2) is 29.7 Å². The molecule has 0 fully saturated rings. The van der Waals surface area contributed by atoms with Crippen molar-refractivity contribution >= 4 is 39.0 Å². The summed E-state index contributed by atoms with van der Waals surface area (Å²) in [7, 11) is -3.63. The van der Waals surface area contributed by atoms with Crippen molar-refractivity contribution in [2.75, 3.05) is 5.75 Å². The van der Waals surface area contributed by atoms with E-state index in [0.717, 1.165) is 19.3 Å². The first-order valence-corrected chi connectivity index (χ1v) is 8.77. The number of carboxylic acid groups (broad SMARTS) is 1. The van der Waals surface area contributed by atoms with Gasteiger partial charge in [0.05, 0.1) is 26.3 Å². The largest absolute Gasteiger partial charge is 0.478 e. The van der Waals surface area contributed by atoms with Gasteiger partial charge in [-0.15, -0.1) is 6.58 Å². The highest BCUT2D eigenvalue weighted by atomic mass is 35.5. The monoisotopic (exact) mass is 350 g/mol. The van der Waals surface area contributed by atoms with E-state index in [4.69, 9.17) is 28.3 Å². The zero-order valence-corrected chi connectivity index (χ0v) is 13.6. The summed E-state index contributed by atoms with van der Waals surface area (Å²) < 4.78 is 24.5. The molecule has 1 N–H and O–H groups in total. The van der Waals surface area contributed by atoms with E-state index in [2.05, 4.69) is 6.58 Å². The van der Waals surface area contributed by atoms with Crippen molar-refractivity contribution in [1.29, 1.82) is 0 Å². The number of benzene rings is 1. The van der Waals surface area contributed by atoms with Crippen LogP contribution in [-0.2, 0) is 9.84 Å². The van der Waals surface area contributed by atoms with Crippen molar-refractivity contribution in [3.8, 4) is 0 Å². The van der Waals surface area contributed by atoms with Gasteiger partial charge in [-0.25, -0.2) is 13.2 Å². The van der Waals surface area contributed by atoms with Crippen LogP contribution in [0.5, 0.6) is 0 Å². The number of aromatic carboxylic acids is 1. The molecule has 1 aromatic rings. The Balaban J connectivity index is 2.96. The Morgan fingerprint density at radius 2 is 1.90 bits per heavy atom. The van der Waals surface area contributed by atoms with Gasteiger partial charge in [0.1, 0.15) is 0 Å². The summed E-state index contributed by atoms with van der Waals surface area (Å²) in [6.45, 7) is 3.60. The maximum absolute atomic E-state index is 12.2. The standard InChI is InChI=1S/C14H16Cl2O4S/c1-2-3-4-5-6-9-21(19,20)11-8-7-10(15)12(13(11)16)14(17)18/h2,7-8H,1,3-6,9H2,(H,17,18). The number of carboxylic acids is 1. The summed E-state index contributed by atoms with van der Waals surface area (Å²) in [6, 6.07) is 2.48. The average molecular weight is 351 g/mol. The van der Waals surface area contributed by atoms with Crippen LogP contribution in [-0.4, -0.2) is 25.2 Å². The Morgan fingerprint density at radius 1 is 1.24 bits per heavy atom. The Labute approximate surface area is 134 Å². The first-order valence-electron chi connectivity index (χ1n) is 6.36. The molecule has 0 aromatic heterocycles. The zero-order valence-electron chi connectivity index (χ0n) is 11.3. The third-order valence-corrected chi connectivity index (χ3v) is 5.58. The summed E-state index contributed by atoms with van der Waals surface area (Å²) in [5.41, 5.74) is -0.383. The lowest BCUT2D eigenvalue weighted by Gasteiger charge is -2.09. The highest BCUT2D eigenvalue weighted by Gasteiger charge is 2.24. The first kappa shape index (κ1) is 18.0. The summed E-state index contributed by atoms with van der Waals surface area (Å²) in [6.07, 6.45) is 4.72. The van der Waals surface area contributed by atoms with Crippen LogP contribution in [0.3, 0.4) is 0 Å². The second kappa shape index (κ2) is 7.82. The molecule has 0 aliphatic carbocycles. The Morgan fingerprint density at radius 3 is 2.48 bits per heavy atom. The quantitative estimate of drug-likeness (QED) is 0.562. The van der Waals surface area contributed by atoms with Crippen molar-refractivity contribution in [3.05, 3.63) is 40.4 Å². The fraction of sp³-hybridized carbons (Fsp3) is 0.357. The highest BCUT2D eigenvalue weighted by molar-refractivity contribution is 7.91. The molecule has 0 radical (unpaired) electrons. The molecule has 0 saturated carbocycles. The van der Waals surface area contributed by atoms with Crippen LogP contribution in [0.25, 0.3) is 0 Å². The third-order valence-electron chi connectivity index (χ3n) is 2.93. The topological polar surface area (TPSA) is 71.4 Å². The molecular formula is C14H16Cl2O4S. The lowest BCUT2D eigenvalue weighted by atomic mass is 10.2. The van der Waals surface area contributed by atoms with Crippen molar-refractivity contribution in [2.24, 2.45) is 0 Å². The summed E-state index contributed by atoms with van der Waals surface area (Å²) >= 11 is 11.6. The smallest absolute Gasteiger partial charge is 0.338 e. The molecule has 0 aliphatic rings. The minimum Gasteiger partial charge on any atom is -0.478 e. The van der Waals surface area contributed by atoms with Crippen LogP contribution < -0.4 is 0 Å². The number of halogens is 2. The minimum absolute atomic E-state index is 0.0788. The second-order valence-corrected chi connectivity index (χ2v) is 7.36. The molecule has 0 aliphatic heterocycles. The molecule has 21 heavy (non-hydrogen) atoms. The maximum atomic E-state index is 12.2. The van der Waals surface area contributed by atoms with E-state index < -0.39 is 15.8 Å². The van der Waals surface area contributed by atoms with Gasteiger partial charge in [-0.1, -0.05) is 35.7 Å². The average Bonchev–Trinajstić information content (AvgIpc) is 2.37. The van der Waals surface area contributed by atoms with E-state index >= 15 is 0 Å². The van der Waals surface area contributed by atoms with Gasteiger partial charge in [0.15, 0.2) is 9.84 Å². The predicted molar refractivity (Wildman–Crippen MR) is 84.1 cm³/mol. The molecule has 116 valence electrons. The Kier molecular flexibility index (Phi) is 6.71. The number of unbranched alkanes of at least 4 members (excludes halogenated alkanes) is 3. The van der Waals surface area contributed by atoms with Gasteiger partial charge >= 0.3 is 5.97 Å². The molecule has 0 unspecified atom stereocenters. The normalized spacial score (nSPS) is 11.3. The van der Waals surface area contributed by atoms with Crippen molar-refractivity contribution < 1.29 is 18.3 Å². The van der Waals surface area contributed by atoms with Gasteiger partial charge in [0, 0.05) is 0 Å². The fourth-order valence-corrected chi connectivity index (χ4v) is 4.18. The van der Waals surface area contributed by atoms with Crippen LogP contribution >= 0.6 is 23.2 Å². The molecule has 1 rings (SSSR count). The molecule has 0 atom stereocenters. The van der Waals surface area contributed by atoms with E-state index in [1.165, 1.54) is 12.1 Å². The lowest BCUT2D eigenvalue weighted by Crippen LogP contribution is -2.10. The third kappa shape index (κ3) is 4.73. The highest BCUT2D eigenvalue weighted by Crippen LogP contribution is 2.32. The summed E-state index contributed by atoms with van der Waals surface area (Å²) in [5, 5.41) is 8.62. The molecule has 0 heterocycles. The number of sulfone groups is 1. The van der Waals surface area contributed by atoms with E-state index in [9.17, 15) is 13.2 Å². The van der Waals surface area contributed by atoms with Crippen LogP contribution in [0.4, 0.5) is 0 Å². The SMILES string of the molecule is C=CCCCCCS(=O)(=O)c1ccc(Cl)c(C(=O)O)c1Cl. The molecule has 0 amide bonds. The molecule has 7 heteroatoms. The van der Waals surface area contributed by atoms with Gasteiger partial charge in [0.2, 0.25) is 0 Å². The number of allylic oxidation sites excluding steroid dienone is 1. The molecule has 4 nitrogen and oxygen atoms in total. The van der Waals surface area contributed by atoms with Gasteiger partial charge < -0.3 is 5.11 Å². The van der Waals surface area contributed by atoms with E-state index in [1.807, 2.05) is 0 Å². The molecule has 0 bridgehead atoms. The minimum atomic E-state index is -3.63. The van der Waals surface area contributed by atoms with Crippen LogP contribution in [0, 0.1) is 0 Å². The van der Waals surface area contributed by atoms with Gasteiger partial charge in [-0.05, 0) is 31.4 Å². The number of carbonyl (C=O) groups is 1. The molecular weight excluding hydrogens is 335 g/mol. The lowest BCUT2D eigenvalue weighted by molar-refractivity contribution is 0.0697. The van der Waals surface area contributed by atoms with E-state index in [-0.39, 0.29) is 26.3 Å². The number of hydrogen-bond acceptors (Lipinski definition) is 3. The van der Waals surface area contributed by atoms with Gasteiger partial charge in [0.25, 0.3) is 0 Å². The fourth-order valence-electron chi connectivity index (χ4n) is 1.84. The van der Waals surface area contributed by atoms with E-state index in [1.54, 1.807) is 6.08 Å². The maximum Gasteiger partial charge on any atom is 0.338 e. The van der Waals surface area contributed by atoms with Crippen molar-refractivity contribution in [3.63, 3.8) is 0 Å². The molecule has 0 spiro atoms. The van der Waals surface area contributed by atoms with Crippen LogP contribution in [0.1, 0.15) is 36.0 Å². The first-order chi connectivity index (χ1) is 9.81. The Bertz CT molecular complexity index is 639. The van der Waals surface area contributed by atoms with Crippen molar-refractivity contribution in [2.45, 2.75) is 30.6 Å². The van der Waals surface area contributed by atoms with Crippen molar-refractivity contribution in [1.82, 2.24) is 0 Å². The summed E-state index contributed by atoms with van der Waals surface area (Å²) in [5.74, 6) is -1.43. The number of rotatable bonds is 8. The van der Waals surface area contributed by atoms with Gasteiger partial charge in [-0.3, -0.25) is 0 Å². The zero-order chi connectivity index (χ0) is 16.0. The molecule has 1 aromatic carbocycles. The van der Waals surface area contributed by atoms with Gasteiger partial charge in [-0.2, -0.15) is 0 Å².